The summed E-state index contributed by atoms with van der Waals surface area (Å²) in [4.78, 5) is 16.5. The monoisotopic (exact) mass is 354 g/mol. The molecule has 2 aromatic rings. The van der Waals surface area contributed by atoms with Gasteiger partial charge in [0.25, 0.3) is 5.91 Å². The number of benzene rings is 2. The van der Waals surface area contributed by atoms with Crippen LogP contribution in [0.4, 0.5) is 14.5 Å². The Balaban J connectivity index is 1.75. The molecule has 0 unspecified atom stereocenters. The van der Waals surface area contributed by atoms with E-state index in [-0.39, 0.29) is 18.3 Å². The zero-order chi connectivity index (χ0) is 17.4. The highest BCUT2D eigenvalue weighted by Gasteiger charge is 2.04. The average molecular weight is 355 g/mol. The summed E-state index contributed by atoms with van der Waals surface area (Å²) in [5, 5.41) is 6.81. The van der Waals surface area contributed by atoms with E-state index in [0.717, 1.165) is 0 Å². The highest BCUT2D eigenvalue weighted by molar-refractivity contribution is 6.30. The maximum absolute atomic E-state index is 12.0. The SMILES string of the molecule is O=C(CO/N=C\c1ccc(OC(F)F)cc1)Nc1ccc(Cl)cc1. The van der Waals surface area contributed by atoms with Crippen LogP contribution in [0.25, 0.3) is 0 Å². The van der Waals surface area contributed by atoms with E-state index in [1.165, 1.54) is 30.5 Å². The zero-order valence-corrected chi connectivity index (χ0v) is 13.0. The van der Waals surface area contributed by atoms with Crippen LogP contribution in [0, 0.1) is 0 Å². The molecule has 2 aromatic carbocycles. The summed E-state index contributed by atoms with van der Waals surface area (Å²) in [6.07, 6.45) is 1.35. The predicted molar refractivity (Wildman–Crippen MR) is 86.7 cm³/mol. The maximum Gasteiger partial charge on any atom is 0.387 e. The fourth-order valence-electron chi connectivity index (χ4n) is 1.66. The minimum absolute atomic E-state index is 0.0467. The van der Waals surface area contributed by atoms with Gasteiger partial charge in [0.15, 0.2) is 6.61 Å². The molecule has 0 bridgehead atoms. The van der Waals surface area contributed by atoms with Crippen molar-refractivity contribution < 1.29 is 23.1 Å². The number of carbonyl (C=O) groups is 1. The molecule has 0 fully saturated rings. The van der Waals surface area contributed by atoms with Gasteiger partial charge in [-0.2, -0.15) is 8.78 Å². The lowest BCUT2D eigenvalue weighted by Gasteiger charge is -2.04. The lowest BCUT2D eigenvalue weighted by atomic mass is 10.2. The van der Waals surface area contributed by atoms with Crippen molar-refractivity contribution in [1.29, 1.82) is 0 Å². The molecule has 0 aliphatic heterocycles. The Labute approximate surface area is 141 Å². The molecular weight excluding hydrogens is 342 g/mol. The molecule has 1 N–H and O–H groups in total. The highest BCUT2D eigenvalue weighted by Crippen LogP contribution is 2.14. The molecule has 0 aliphatic rings. The van der Waals surface area contributed by atoms with E-state index in [1.807, 2.05) is 0 Å². The molecular formula is C16H13ClF2N2O3. The number of nitrogens with zero attached hydrogens (tertiary/aromatic N) is 1. The van der Waals surface area contributed by atoms with Crippen molar-refractivity contribution in [2.24, 2.45) is 5.16 Å². The Hall–Kier alpha value is -2.67. The number of carbonyl (C=O) groups excluding carboxylic acids is 1. The van der Waals surface area contributed by atoms with E-state index in [4.69, 9.17) is 16.4 Å². The van der Waals surface area contributed by atoms with E-state index in [1.54, 1.807) is 24.3 Å². The molecule has 5 nitrogen and oxygen atoms in total. The molecule has 1 amide bonds. The number of alkyl halides is 2. The molecule has 0 spiro atoms. The first-order valence-corrected chi connectivity index (χ1v) is 7.16. The fourth-order valence-corrected chi connectivity index (χ4v) is 1.79. The van der Waals surface area contributed by atoms with Gasteiger partial charge in [0, 0.05) is 10.7 Å². The van der Waals surface area contributed by atoms with Crippen LogP contribution >= 0.6 is 11.6 Å². The summed E-state index contributed by atoms with van der Waals surface area (Å²) < 4.78 is 28.2. The Morgan fingerprint density at radius 2 is 1.83 bits per heavy atom. The minimum atomic E-state index is -2.87. The number of rotatable bonds is 7. The van der Waals surface area contributed by atoms with Crippen molar-refractivity contribution in [2.45, 2.75) is 6.61 Å². The zero-order valence-electron chi connectivity index (χ0n) is 12.3. The summed E-state index contributed by atoms with van der Waals surface area (Å²) in [7, 11) is 0. The third kappa shape index (κ3) is 6.21. The van der Waals surface area contributed by atoms with Crippen LogP contribution in [0.3, 0.4) is 0 Å². The molecule has 0 radical (unpaired) electrons. The normalized spacial score (nSPS) is 10.8. The maximum atomic E-state index is 12.0. The lowest BCUT2D eigenvalue weighted by molar-refractivity contribution is -0.120. The summed E-state index contributed by atoms with van der Waals surface area (Å²) in [6, 6.07) is 12.4. The largest absolute Gasteiger partial charge is 0.435 e. The number of nitrogens with one attached hydrogen (secondary N) is 1. The first-order chi connectivity index (χ1) is 11.5. The second kappa shape index (κ2) is 8.83. The van der Waals surface area contributed by atoms with Crippen LogP contribution in [0.1, 0.15) is 5.56 Å². The van der Waals surface area contributed by atoms with E-state index < -0.39 is 6.61 Å². The van der Waals surface area contributed by atoms with E-state index in [9.17, 15) is 13.6 Å². The second-order valence-electron chi connectivity index (χ2n) is 4.51. The van der Waals surface area contributed by atoms with Crippen molar-refractivity contribution in [3.8, 4) is 5.75 Å². The van der Waals surface area contributed by atoms with Crippen LogP contribution < -0.4 is 10.1 Å². The van der Waals surface area contributed by atoms with Crippen LogP contribution in [0.15, 0.2) is 53.7 Å². The van der Waals surface area contributed by atoms with Gasteiger partial charge in [0.05, 0.1) is 6.21 Å². The topological polar surface area (TPSA) is 59.9 Å². The van der Waals surface area contributed by atoms with Crippen molar-refractivity contribution in [2.75, 3.05) is 11.9 Å². The number of ether oxygens (including phenoxy) is 1. The molecule has 0 atom stereocenters. The van der Waals surface area contributed by atoms with Crippen LogP contribution in [0.2, 0.25) is 5.02 Å². The third-order valence-corrected chi connectivity index (χ3v) is 2.96. The van der Waals surface area contributed by atoms with Gasteiger partial charge in [0.1, 0.15) is 5.75 Å². The minimum Gasteiger partial charge on any atom is -0.435 e. The van der Waals surface area contributed by atoms with Gasteiger partial charge < -0.3 is 14.9 Å². The number of halogens is 3. The molecule has 126 valence electrons. The third-order valence-electron chi connectivity index (χ3n) is 2.71. The quantitative estimate of drug-likeness (QED) is 0.605. The molecule has 0 saturated carbocycles. The summed E-state index contributed by atoms with van der Waals surface area (Å²) in [6.45, 7) is -3.14. The van der Waals surface area contributed by atoms with Gasteiger partial charge in [-0.15, -0.1) is 0 Å². The van der Waals surface area contributed by atoms with Gasteiger partial charge in [-0.1, -0.05) is 16.8 Å². The summed E-state index contributed by atoms with van der Waals surface area (Å²) in [5.41, 5.74) is 1.20. The van der Waals surface area contributed by atoms with E-state index in [0.29, 0.717) is 16.3 Å². The van der Waals surface area contributed by atoms with Gasteiger partial charge >= 0.3 is 6.61 Å². The number of amides is 1. The van der Waals surface area contributed by atoms with Crippen molar-refractivity contribution in [3.63, 3.8) is 0 Å². The predicted octanol–water partition coefficient (Wildman–Crippen LogP) is 3.93. The molecule has 8 heteroatoms. The Bertz CT molecular complexity index is 691. The summed E-state index contributed by atoms with van der Waals surface area (Å²) >= 11 is 5.74. The highest BCUT2D eigenvalue weighted by atomic mass is 35.5. The molecule has 0 aliphatic carbocycles. The summed E-state index contributed by atoms with van der Waals surface area (Å²) in [5.74, 6) is -0.333. The van der Waals surface area contributed by atoms with Crippen LogP contribution in [-0.4, -0.2) is 25.3 Å². The van der Waals surface area contributed by atoms with Crippen molar-refractivity contribution in [3.05, 3.63) is 59.1 Å². The van der Waals surface area contributed by atoms with Crippen molar-refractivity contribution >= 4 is 29.4 Å². The average Bonchev–Trinajstić information content (AvgIpc) is 2.55. The number of oxime groups is 1. The van der Waals surface area contributed by atoms with E-state index >= 15 is 0 Å². The van der Waals surface area contributed by atoms with Gasteiger partial charge in [0.2, 0.25) is 0 Å². The number of hydrogen-bond donors (Lipinski definition) is 1. The standard InChI is InChI=1S/C16H13ClF2N2O3/c17-12-3-5-13(6-4-12)21-15(22)10-23-20-9-11-1-7-14(8-2-11)24-16(18)19/h1-9,16H,10H2,(H,21,22)/b20-9-. The lowest BCUT2D eigenvalue weighted by Crippen LogP contribution is -2.16. The number of anilines is 1. The molecule has 2 rings (SSSR count). The van der Waals surface area contributed by atoms with Gasteiger partial charge in [-0.25, -0.2) is 0 Å². The fraction of sp³-hybridized carbons (Fsp3) is 0.125. The molecule has 0 saturated heterocycles. The molecule has 0 heterocycles. The smallest absolute Gasteiger partial charge is 0.387 e. The second-order valence-corrected chi connectivity index (χ2v) is 4.95. The Kier molecular flexibility index (Phi) is 6.51. The van der Waals surface area contributed by atoms with Gasteiger partial charge in [-0.05, 0) is 54.1 Å². The molecule has 24 heavy (non-hydrogen) atoms. The van der Waals surface area contributed by atoms with Crippen molar-refractivity contribution in [1.82, 2.24) is 0 Å². The molecule has 0 aromatic heterocycles. The van der Waals surface area contributed by atoms with E-state index in [2.05, 4.69) is 15.2 Å². The van der Waals surface area contributed by atoms with Crippen LogP contribution in [0.5, 0.6) is 5.75 Å². The Morgan fingerprint density at radius 1 is 1.17 bits per heavy atom. The van der Waals surface area contributed by atoms with Crippen LogP contribution in [-0.2, 0) is 9.63 Å². The first kappa shape index (κ1) is 17.7. The first-order valence-electron chi connectivity index (χ1n) is 6.78. The number of hydrogen-bond acceptors (Lipinski definition) is 4. The Morgan fingerprint density at radius 3 is 2.46 bits per heavy atom. The van der Waals surface area contributed by atoms with Gasteiger partial charge in [-0.3, -0.25) is 4.79 Å².